The Morgan fingerprint density at radius 1 is 1.10 bits per heavy atom. The predicted octanol–water partition coefficient (Wildman–Crippen LogP) is 3.53. The Morgan fingerprint density at radius 3 is 2.60 bits per heavy atom. The summed E-state index contributed by atoms with van der Waals surface area (Å²) >= 11 is 0. The zero-order chi connectivity index (χ0) is 14.4. The number of carbonyl (C=O) groups is 1. The van der Waals surface area contributed by atoms with Crippen LogP contribution in [0.3, 0.4) is 0 Å². The molecular weight excluding hydrogens is 250 g/mol. The minimum Gasteiger partial charge on any atom is -0.481 e. The number of hydrogen-bond donors (Lipinski definition) is 1. The zero-order valence-electron chi connectivity index (χ0n) is 11.9. The summed E-state index contributed by atoms with van der Waals surface area (Å²) in [7, 11) is 2.08. The molecule has 0 aliphatic rings. The molecule has 2 aromatic carbocycles. The molecule has 0 saturated carbocycles. The third-order valence-electron chi connectivity index (χ3n) is 3.45. The maximum Gasteiger partial charge on any atom is 0.303 e. The number of carboxylic acids is 1. The number of fused-ring (bicyclic) bond motifs is 1. The summed E-state index contributed by atoms with van der Waals surface area (Å²) in [6, 6.07) is 14.9. The van der Waals surface area contributed by atoms with Gasteiger partial charge in [0.15, 0.2) is 0 Å². The fourth-order valence-electron chi connectivity index (χ4n) is 2.39. The van der Waals surface area contributed by atoms with Gasteiger partial charge in [-0.3, -0.25) is 4.79 Å². The molecule has 3 nitrogen and oxygen atoms in total. The maximum atomic E-state index is 10.4. The van der Waals surface area contributed by atoms with E-state index in [0.29, 0.717) is 0 Å². The smallest absolute Gasteiger partial charge is 0.303 e. The van der Waals surface area contributed by atoms with Crippen LogP contribution in [0.4, 0.5) is 0 Å². The van der Waals surface area contributed by atoms with E-state index in [1.54, 1.807) is 0 Å². The second-order valence-corrected chi connectivity index (χ2v) is 5.27. The molecule has 0 aliphatic heterocycles. The first-order valence-electron chi connectivity index (χ1n) is 7.03. The monoisotopic (exact) mass is 271 g/mol. The van der Waals surface area contributed by atoms with Crippen molar-refractivity contribution >= 4 is 16.7 Å². The molecule has 0 unspecified atom stereocenters. The van der Waals surface area contributed by atoms with Gasteiger partial charge in [0, 0.05) is 13.0 Å². The van der Waals surface area contributed by atoms with Crippen LogP contribution in [0, 0.1) is 0 Å². The van der Waals surface area contributed by atoms with Gasteiger partial charge >= 0.3 is 5.97 Å². The van der Waals surface area contributed by atoms with Crippen LogP contribution < -0.4 is 0 Å². The fourth-order valence-corrected chi connectivity index (χ4v) is 2.39. The Morgan fingerprint density at radius 2 is 1.85 bits per heavy atom. The highest BCUT2D eigenvalue weighted by atomic mass is 16.4. The van der Waals surface area contributed by atoms with Gasteiger partial charge < -0.3 is 10.0 Å². The lowest BCUT2D eigenvalue weighted by molar-refractivity contribution is -0.137. The van der Waals surface area contributed by atoms with E-state index in [9.17, 15) is 4.79 Å². The van der Waals surface area contributed by atoms with Crippen molar-refractivity contribution in [3.8, 4) is 0 Å². The van der Waals surface area contributed by atoms with E-state index in [-0.39, 0.29) is 6.42 Å². The molecule has 0 amide bonds. The summed E-state index contributed by atoms with van der Waals surface area (Å²) in [6.45, 7) is 1.83. The SMILES string of the molecule is CN(CCCCC(=O)O)Cc1ccc2ccccc2c1. The lowest BCUT2D eigenvalue weighted by Gasteiger charge is -2.16. The molecule has 0 bridgehead atoms. The number of carboxylic acid groups (broad SMARTS) is 1. The number of benzene rings is 2. The average Bonchev–Trinajstić information content (AvgIpc) is 2.43. The van der Waals surface area contributed by atoms with Gasteiger partial charge in [-0.05, 0) is 48.8 Å². The lowest BCUT2D eigenvalue weighted by Crippen LogP contribution is -2.19. The number of hydrogen-bond acceptors (Lipinski definition) is 2. The largest absolute Gasteiger partial charge is 0.481 e. The molecule has 2 rings (SSSR count). The molecule has 0 heterocycles. The van der Waals surface area contributed by atoms with E-state index < -0.39 is 5.97 Å². The Hall–Kier alpha value is -1.87. The van der Waals surface area contributed by atoms with Gasteiger partial charge in [-0.25, -0.2) is 0 Å². The quantitative estimate of drug-likeness (QED) is 0.783. The van der Waals surface area contributed by atoms with Crippen LogP contribution in [0.15, 0.2) is 42.5 Å². The van der Waals surface area contributed by atoms with Gasteiger partial charge in [0.2, 0.25) is 0 Å². The van der Waals surface area contributed by atoms with E-state index in [4.69, 9.17) is 5.11 Å². The molecule has 0 atom stereocenters. The second kappa shape index (κ2) is 7.06. The van der Waals surface area contributed by atoms with Crippen LogP contribution in [0.2, 0.25) is 0 Å². The van der Waals surface area contributed by atoms with Crippen molar-refractivity contribution in [3.63, 3.8) is 0 Å². The van der Waals surface area contributed by atoms with Crippen LogP contribution in [0.1, 0.15) is 24.8 Å². The second-order valence-electron chi connectivity index (χ2n) is 5.27. The van der Waals surface area contributed by atoms with Gasteiger partial charge in [-0.1, -0.05) is 36.4 Å². The van der Waals surface area contributed by atoms with E-state index in [1.807, 2.05) is 0 Å². The van der Waals surface area contributed by atoms with Crippen LogP contribution in [-0.4, -0.2) is 29.6 Å². The van der Waals surface area contributed by atoms with Crippen LogP contribution in [0.5, 0.6) is 0 Å². The van der Waals surface area contributed by atoms with Crippen LogP contribution in [0.25, 0.3) is 10.8 Å². The number of nitrogens with zero attached hydrogens (tertiary/aromatic N) is 1. The van der Waals surface area contributed by atoms with Crippen molar-refractivity contribution < 1.29 is 9.90 Å². The molecular formula is C17H21NO2. The van der Waals surface area contributed by atoms with Crippen molar-refractivity contribution in [1.29, 1.82) is 0 Å². The summed E-state index contributed by atoms with van der Waals surface area (Å²) < 4.78 is 0. The summed E-state index contributed by atoms with van der Waals surface area (Å²) in [5.41, 5.74) is 1.30. The van der Waals surface area contributed by atoms with E-state index in [1.165, 1.54) is 16.3 Å². The van der Waals surface area contributed by atoms with Gasteiger partial charge in [-0.15, -0.1) is 0 Å². The Labute approximate surface area is 119 Å². The van der Waals surface area contributed by atoms with Crippen molar-refractivity contribution in [2.75, 3.05) is 13.6 Å². The van der Waals surface area contributed by atoms with E-state index in [0.717, 1.165) is 25.9 Å². The van der Waals surface area contributed by atoms with Crippen LogP contribution >= 0.6 is 0 Å². The van der Waals surface area contributed by atoms with Gasteiger partial charge in [0.05, 0.1) is 0 Å². The fraction of sp³-hybridized carbons (Fsp3) is 0.353. The highest BCUT2D eigenvalue weighted by molar-refractivity contribution is 5.82. The first-order chi connectivity index (χ1) is 9.65. The van der Waals surface area contributed by atoms with Crippen LogP contribution in [-0.2, 0) is 11.3 Å². The summed E-state index contributed by atoms with van der Waals surface area (Å²) in [6.07, 6.45) is 1.94. The summed E-state index contributed by atoms with van der Waals surface area (Å²) in [5, 5.41) is 11.1. The highest BCUT2D eigenvalue weighted by Crippen LogP contribution is 2.16. The molecule has 2 aromatic rings. The lowest BCUT2D eigenvalue weighted by atomic mass is 10.1. The van der Waals surface area contributed by atoms with E-state index in [2.05, 4.69) is 54.4 Å². The van der Waals surface area contributed by atoms with Crippen molar-refractivity contribution in [1.82, 2.24) is 4.90 Å². The number of rotatable bonds is 7. The average molecular weight is 271 g/mol. The molecule has 0 radical (unpaired) electrons. The first-order valence-corrected chi connectivity index (χ1v) is 7.03. The van der Waals surface area contributed by atoms with Gasteiger partial charge in [0.25, 0.3) is 0 Å². The summed E-state index contributed by atoms with van der Waals surface area (Å²) in [5.74, 6) is -0.706. The molecule has 3 heteroatoms. The Balaban J connectivity index is 1.86. The Kier molecular flexibility index (Phi) is 5.13. The topological polar surface area (TPSA) is 40.5 Å². The minimum atomic E-state index is -0.706. The number of unbranched alkanes of at least 4 members (excludes halogenated alkanes) is 1. The molecule has 1 N–H and O–H groups in total. The number of aliphatic carboxylic acids is 1. The maximum absolute atomic E-state index is 10.4. The van der Waals surface area contributed by atoms with Crippen molar-refractivity contribution in [3.05, 3.63) is 48.0 Å². The molecule has 0 aromatic heterocycles. The molecule has 20 heavy (non-hydrogen) atoms. The molecule has 0 spiro atoms. The third-order valence-corrected chi connectivity index (χ3v) is 3.45. The summed E-state index contributed by atoms with van der Waals surface area (Å²) in [4.78, 5) is 12.7. The van der Waals surface area contributed by atoms with Crippen molar-refractivity contribution in [2.45, 2.75) is 25.8 Å². The first kappa shape index (κ1) is 14.5. The highest BCUT2D eigenvalue weighted by Gasteiger charge is 2.03. The molecule has 0 fully saturated rings. The van der Waals surface area contributed by atoms with Crippen molar-refractivity contribution in [2.24, 2.45) is 0 Å². The molecule has 0 aliphatic carbocycles. The molecule has 0 saturated heterocycles. The third kappa shape index (κ3) is 4.35. The standard InChI is InChI=1S/C17H21NO2/c1-18(11-5-4-8-17(19)20)13-14-9-10-15-6-2-3-7-16(15)12-14/h2-3,6-7,9-10,12H,4-5,8,11,13H2,1H3,(H,19,20). The minimum absolute atomic E-state index is 0.268. The van der Waals surface area contributed by atoms with Gasteiger partial charge in [-0.2, -0.15) is 0 Å². The zero-order valence-corrected chi connectivity index (χ0v) is 11.9. The molecule has 106 valence electrons. The van der Waals surface area contributed by atoms with E-state index >= 15 is 0 Å². The Bertz CT molecular complexity index is 580. The van der Waals surface area contributed by atoms with Gasteiger partial charge in [0.1, 0.15) is 0 Å². The normalized spacial score (nSPS) is 11.1. The predicted molar refractivity (Wildman–Crippen MR) is 81.8 cm³/mol.